The van der Waals surface area contributed by atoms with Crippen molar-refractivity contribution in [2.45, 2.75) is 6.04 Å². The third-order valence-electron chi connectivity index (χ3n) is 2.94. The van der Waals surface area contributed by atoms with Crippen molar-refractivity contribution >= 4 is 15.9 Å². The fourth-order valence-electron chi connectivity index (χ4n) is 2.02. The number of rotatable bonds is 4. The monoisotopic (exact) mass is 305 g/mol. The second-order valence-electron chi connectivity index (χ2n) is 4.02. The first-order valence-electron chi connectivity index (χ1n) is 5.82. The Morgan fingerprint density at radius 2 is 1.83 bits per heavy atom. The highest BCUT2D eigenvalue weighted by Gasteiger charge is 2.14. The molecular formula is C15H16BrNO. The van der Waals surface area contributed by atoms with Crippen LogP contribution in [0.25, 0.3) is 0 Å². The topological polar surface area (TPSA) is 21.3 Å². The number of nitrogens with one attached hydrogen (secondary N) is 1. The molecular weight excluding hydrogens is 290 g/mol. The summed E-state index contributed by atoms with van der Waals surface area (Å²) in [5.74, 6) is 0.855. The number of hydrogen-bond donors (Lipinski definition) is 1. The van der Waals surface area contributed by atoms with Crippen molar-refractivity contribution in [3.63, 3.8) is 0 Å². The standard InChI is InChI=1S/C15H16BrNO/c1-17-15(11-6-4-3-5-7-11)13-9-8-12(18-2)10-14(13)16/h3-10,15,17H,1-2H3. The Morgan fingerprint density at radius 3 is 2.39 bits per heavy atom. The van der Waals surface area contributed by atoms with Gasteiger partial charge >= 0.3 is 0 Å². The zero-order chi connectivity index (χ0) is 13.0. The van der Waals surface area contributed by atoms with Crippen molar-refractivity contribution < 1.29 is 4.74 Å². The van der Waals surface area contributed by atoms with Gasteiger partial charge < -0.3 is 10.1 Å². The zero-order valence-corrected chi connectivity index (χ0v) is 12.1. The lowest BCUT2D eigenvalue weighted by molar-refractivity contribution is 0.414. The molecule has 0 heterocycles. The molecule has 0 aliphatic heterocycles. The first kappa shape index (κ1) is 13.1. The Kier molecular flexibility index (Phi) is 4.39. The maximum atomic E-state index is 5.22. The Hall–Kier alpha value is -1.32. The molecule has 0 bridgehead atoms. The average Bonchev–Trinajstić information content (AvgIpc) is 2.42. The first-order chi connectivity index (χ1) is 8.76. The Labute approximate surface area is 116 Å². The van der Waals surface area contributed by atoms with Crippen LogP contribution in [0.3, 0.4) is 0 Å². The molecule has 0 amide bonds. The predicted molar refractivity (Wildman–Crippen MR) is 78.0 cm³/mol. The van der Waals surface area contributed by atoms with Crippen molar-refractivity contribution in [3.8, 4) is 5.75 Å². The van der Waals surface area contributed by atoms with Gasteiger partial charge in [-0.2, -0.15) is 0 Å². The maximum Gasteiger partial charge on any atom is 0.120 e. The Balaban J connectivity index is 2.39. The normalized spacial score (nSPS) is 12.2. The molecule has 0 spiro atoms. The molecule has 0 aromatic heterocycles. The van der Waals surface area contributed by atoms with E-state index in [9.17, 15) is 0 Å². The van der Waals surface area contributed by atoms with Gasteiger partial charge in [-0.1, -0.05) is 52.3 Å². The molecule has 0 aliphatic rings. The van der Waals surface area contributed by atoms with E-state index in [1.54, 1.807) is 7.11 Å². The predicted octanol–water partition coefficient (Wildman–Crippen LogP) is 3.77. The van der Waals surface area contributed by atoms with Gasteiger partial charge in [0.1, 0.15) is 5.75 Å². The lowest BCUT2D eigenvalue weighted by atomic mass is 9.99. The number of benzene rings is 2. The zero-order valence-electron chi connectivity index (χ0n) is 10.5. The van der Waals surface area contributed by atoms with Gasteiger partial charge in [-0.05, 0) is 30.3 Å². The highest BCUT2D eigenvalue weighted by atomic mass is 79.9. The number of methoxy groups -OCH3 is 1. The van der Waals surface area contributed by atoms with E-state index in [1.807, 2.05) is 25.2 Å². The van der Waals surface area contributed by atoms with Crippen LogP contribution in [0.2, 0.25) is 0 Å². The molecule has 2 aromatic carbocycles. The molecule has 0 saturated carbocycles. The minimum Gasteiger partial charge on any atom is -0.497 e. The fourth-order valence-corrected chi connectivity index (χ4v) is 2.60. The van der Waals surface area contributed by atoms with Gasteiger partial charge in [0.05, 0.1) is 13.2 Å². The molecule has 18 heavy (non-hydrogen) atoms. The fraction of sp³-hybridized carbons (Fsp3) is 0.200. The smallest absolute Gasteiger partial charge is 0.120 e. The van der Waals surface area contributed by atoms with Crippen LogP contribution >= 0.6 is 15.9 Å². The lowest BCUT2D eigenvalue weighted by Gasteiger charge is -2.19. The first-order valence-corrected chi connectivity index (χ1v) is 6.61. The summed E-state index contributed by atoms with van der Waals surface area (Å²) in [4.78, 5) is 0. The van der Waals surface area contributed by atoms with E-state index in [0.717, 1.165) is 10.2 Å². The van der Waals surface area contributed by atoms with E-state index < -0.39 is 0 Å². The van der Waals surface area contributed by atoms with E-state index in [4.69, 9.17) is 4.74 Å². The van der Waals surface area contributed by atoms with Gasteiger partial charge in [-0.15, -0.1) is 0 Å². The van der Waals surface area contributed by atoms with E-state index >= 15 is 0 Å². The highest BCUT2D eigenvalue weighted by molar-refractivity contribution is 9.10. The second-order valence-corrected chi connectivity index (χ2v) is 4.87. The van der Waals surface area contributed by atoms with Gasteiger partial charge in [0.2, 0.25) is 0 Å². The van der Waals surface area contributed by atoms with Gasteiger partial charge in [0.25, 0.3) is 0 Å². The summed E-state index contributed by atoms with van der Waals surface area (Å²) < 4.78 is 6.27. The third kappa shape index (κ3) is 2.74. The van der Waals surface area contributed by atoms with Crippen molar-refractivity contribution in [1.29, 1.82) is 0 Å². The number of hydrogen-bond acceptors (Lipinski definition) is 2. The summed E-state index contributed by atoms with van der Waals surface area (Å²) in [6.45, 7) is 0. The molecule has 2 rings (SSSR count). The van der Waals surface area contributed by atoms with Crippen LogP contribution in [0, 0.1) is 0 Å². The molecule has 0 aliphatic carbocycles. The minimum atomic E-state index is 0.173. The van der Waals surface area contributed by atoms with E-state index in [0.29, 0.717) is 0 Å². The second kappa shape index (κ2) is 6.03. The Morgan fingerprint density at radius 1 is 1.11 bits per heavy atom. The maximum absolute atomic E-state index is 5.22. The van der Waals surface area contributed by atoms with E-state index in [2.05, 4.69) is 51.6 Å². The summed E-state index contributed by atoms with van der Waals surface area (Å²) >= 11 is 3.61. The summed E-state index contributed by atoms with van der Waals surface area (Å²) in [5.41, 5.74) is 2.44. The third-order valence-corrected chi connectivity index (χ3v) is 3.63. The molecule has 3 heteroatoms. The molecule has 0 saturated heterocycles. The molecule has 1 N–H and O–H groups in total. The van der Waals surface area contributed by atoms with E-state index in [-0.39, 0.29) is 6.04 Å². The van der Waals surface area contributed by atoms with Gasteiger partial charge in [-0.25, -0.2) is 0 Å². The SMILES string of the molecule is CNC(c1ccccc1)c1ccc(OC)cc1Br. The molecule has 1 atom stereocenters. The van der Waals surface area contributed by atoms with Crippen LogP contribution in [0.15, 0.2) is 53.0 Å². The van der Waals surface area contributed by atoms with Crippen LogP contribution in [0.1, 0.15) is 17.2 Å². The van der Waals surface area contributed by atoms with Crippen molar-refractivity contribution in [2.24, 2.45) is 0 Å². The molecule has 2 nitrogen and oxygen atoms in total. The van der Waals surface area contributed by atoms with Gasteiger partial charge in [0.15, 0.2) is 0 Å². The minimum absolute atomic E-state index is 0.173. The van der Waals surface area contributed by atoms with Crippen LogP contribution < -0.4 is 10.1 Å². The largest absolute Gasteiger partial charge is 0.497 e. The lowest BCUT2D eigenvalue weighted by Crippen LogP contribution is -2.18. The highest BCUT2D eigenvalue weighted by Crippen LogP contribution is 2.31. The summed E-state index contributed by atoms with van der Waals surface area (Å²) in [7, 11) is 3.64. The van der Waals surface area contributed by atoms with E-state index in [1.165, 1.54) is 11.1 Å². The molecule has 94 valence electrons. The molecule has 2 aromatic rings. The van der Waals surface area contributed by atoms with Crippen LogP contribution in [0.4, 0.5) is 0 Å². The van der Waals surface area contributed by atoms with Crippen LogP contribution in [0.5, 0.6) is 5.75 Å². The van der Waals surface area contributed by atoms with Crippen molar-refractivity contribution in [1.82, 2.24) is 5.32 Å². The van der Waals surface area contributed by atoms with Gasteiger partial charge in [0, 0.05) is 4.47 Å². The van der Waals surface area contributed by atoms with Crippen molar-refractivity contribution in [2.75, 3.05) is 14.2 Å². The van der Waals surface area contributed by atoms with Crippen LogP contribution in [-0.2, 0) is 0 Å². The molecule has 0 radical (unpaired) electrons. The number of halogens is 1. The molecule has 1 unspecified atom stereocenters. The van der Waals surface area contributed by atoms with Gasteiger partial charge in [-0.3, -0.25) is 0 Å². The number of ether oxygens (including phenoxy) is 1. The summed E-state index contributed by atoms with van der Waals surface area (Å²) in [6.07, 6.45) is 0. The Bertz CT molecular complexity index is 513. The summed E-state index contributed by atoms with van der Waals surface area (Å²) in [6, 6.07) is 16.6. The average molecular weight is 306 g/mol. The van der Waals surface area contributed by atoms with Crippen LogP contribution in [-0.4, -0.2) is 14.2 Å². The molecule has 0 fully saturated rings. The summed E-state index contributed by atoms with van der Waals surface area (Å²) in [5, 5.41) is 3.34. The quantitative estimate of drug-likeness (QED) is 0.928. The van der Waals surface area contributed by atoms with Crippen molar-refractivity contribution in [3.05, 3.63) is 64.1 Å².